The summed E-state index contributed by atoms with van der Waals surface area (Å²) in [7, 11) is 1.31. The second kappa shape index (κ2) is 39.4. The van der Waals surface area contributed by atoms with Gasteiger partial charge < -0.3 is 27.7 Å². The van der Waals surface area contributed by atoms with E-state index in [9.17, 15) is 0 Å². The largest absolute Gasteiger partial charge is 3.00 e. The van der Waals surface area contributed by atoms with E-state index in [0.717, 1.165) is 38.5 Å². The minimum absolute atomic E-state index is 0. The van der Waals surface area contributed by atoms with Gasteiger partial charge in [-0.05, 0) is 36.5 Å². The number of fused-ring (bicyclic) bond motifs is 2. The molecule has 0 nitrogen and oxygen atoms in total. The van der Waals surface area contributed by atoms with E-state index in [2.05, 4.69) is 173 Å². The van der Waals surface area contributed by atoms with Crippen molar-refractivity contribution in [1.29, 1.82) is 0 Å². The first-order valence-corrected chi connectivity index (χ1v) is 24.0. The number of unbranched alkanes of at least 4 members (excludes halogenated alkanes) is 4. The predicted molar refractivity (Wildman–Crippen MR) is 260 cm³/mol. The van der Waals surface area contributed by atoms with Crippen LogP contribution in [0.5, 0.6) is 0 Å². The van der Waals surface area contributed by atoms with E-state index in [4.69, 9.17) is 0 Å². The van der Waals surface area contributed by atoms with E-state index in [1.807, 2.05) is 0 Å². The molecule has 1 aliphatic heterocycles. The fourth-order valence-electron chi connectivity index (χ4n) is 5.53. The van der Waals surface area contributed by atoms with Gasteiger partial charge in [-0.1, -0.05) is 182 Å². The quantitative estimate of drug-likeness (QED) is 0.110. The second-order valence-corrected chi connectivity index (χ2v) is 17.7. The van der Waals surface area contributed by atoms with Gasteiger partial charge in [-0.2, -0.15) is 37.8 Å². The summed E-state index contributed by atoms with van der Waals surface area (Å²) >= 11 is 0. The molecule has 1 saturated heterocycles. The normalized spacial score (nSPS) is 11.3. The molecule has 57 heavy (non-hydrogen) atoms. The summed E-state index contributed by atoms with van der Waals surface area (Å²) in [5.41, 5.74) is 8.87. The molecule has 0 unspecified atom stereocenters. The molecule has 0 N–H and O–H groups in total. The maximum Gasteiger partial charge on any atom is 3.00 e. The Morgan fingerprint density at radius 2 is 0.754 bits per heavy atom. The van der Waals surface area contributed by atoms with Crippen LogP contribution in [0, 0.1) is 27.7 Å². The fraction of sp³-hybridized carbons (Fsp3) is 0.593. The Morgan fingerprint density at radius 3 is 0.930 bits per heavy atom. The van der Waals surface area contributed by atoms with Gasteiger partial charge in [-0.15, -0.1) is 56.9 Å². The van der Waals surface area contributed by atoms with Gasteiger partial charge in [0.25, 0.3) is 0 Å². The summed E-state index contributed by atoms with van der Waals surface area (Å²) in [5, 5.41) is 5.77. The van der Waals surface area contributed by atoms with Gasteiger partial charge in [0.05, 0.1) is 0 Å². The van der Waals surface area contributed by atoms with Crippen LogP contribution in [0.15, 0.2) is 48.5 Å². The van der Waals surface area contributed by atoms with Crippen molar-refractivity contribution in [2.24, 2.45) is 0 Å². The van der Waals surface area contributed by atoms with E-state index in [0.29, 0.717) is 23.7 Å². The van der Waals surface area contributed by atoms with Crippen LogP contribution in [0.2, 0.25) is 12.1 Å². The topological polar surface area (TPSA) is 0 Å². The van der Waals surface area contributed by atoms with Crippen molar-refractivity contribution in [2.75, 3.05) is 0 Å². The SMILES string of the molecule is C1CC[Si]C1.CCc1cc2c(C(C)C)cc(C(C)C)cc2[cH-]1.CCc1cc2c(C(C)C)cc(C(C)C)cc2[cH-]1.[CH2-]CCC.[CH2-]CCC.[CH2-]CCC.[CH2-]CCC.[Ti+3].[Ti+3]. The first-order valence-electron chi connectivity index (χ1n) is 22.5. The van der Waals surface area contributed by atoms with Crippen LogP contribution < -0.4 is 0 Å². The smallest absolute Gasteiger partial charge is 0.343 e. The molecule has 0 atom stereocenters. The molecule has 0 aliphatic carbocycles. The van der Waals surface area contributed by atoms with Crippen molar-refractivity contribution in [3.8, 4) is 0 Å². The van der Waals surface area contributed by atoms with Crippen LogP contribution in [-0.4, -0.2) is 9.52 Å². The molecule has 318 valence electrons. The molecule has 0 amide bonds. The Balaban J connectivity index is -0.000000324. The predicted octanol–water partition coefficient (Wildman–Crippen LogP) is 18.5. The van der Waals surface area contributed by atoms with Crippen molar-refractivity contribution in [3.05, 3.63) is 110 Å². The van der Waals surface area contributed by atoms with Crippen molar-refractivity contribution in [3.63, 3.8) is 0 Å². The molecule has 1 fully saturated rings. The Labute approximate surface area is 391 Å². The van der Waals surface area contributed by atoms with Crippen LogP contribution in [0.4, 0.5) is 0 Å². The molecule has 4 radical (unpaired) electrons. The maximum atomic E-state index is 3.60. The number of rotatable bonds is 10. The van der Waals surface area contributed by atoms with Gasteiger partial charge in [0, 0.05) is 9.52 Å². The van der Waals surface area contributed by atoms with Crippen molar-refractivity contribution < 1.29 is 43.4 Å². The van der Waals surface area contributed by atoms with Crippen LogP contribution in [0.3, 0.4) is 0 Å². The van der Waals surface area contributed by atoms with E-state index in [1.165, 1.54) is 115 Å². The summed E-state index contributed by atoms with van der Waals surface area (Å²) in [6, 6.07) is 22.0. The molecule has 4 aromatic carbocycles. The molecule has 0 saturated carbocycles. The molecule has 3 heteroatoms. The molecule has 1 heterocycles. The minimum Gasteiger partial charge on any atom is -0.343 e. The zero-order valence-corrected chi connectivity index (χ0v) is 44.3. The number of benzene rings is 2. The average Bonchev–Trinajstić information content (AvgIpc) is 3.99. The Morgan fingerprint density at radius 1 is 0.474 bits per heavy atom. The van der Waals surface area contributed by atoms with Gasteiger partial charge in [0.15, 0.2) is 0 Å². The molecule has 1 aliphatic rings. The maximum absolute atomic E-state index is 3.60. The first-order chi connectivity index (χ1) is 26.2. The Bertz CT molecular complexity index is 1320. The summed E-state index contributed by atoms with van der Waals surface area (Å²) in [6.07, 6.45) is 14.4. The third-order valence-electron chi connectivity index (χ3n) is 9.64. The molecule has 0 aromatic heterocycles. The fourth-order valence-corrected chi connectivity index (χ4v) is 6.78. The van der Waals surface area contributed by atoms with Crippen molar-refractivity contribution in [1.82, 2.24) is 0 Å². The summed E-state index contributed by atoms with van der Waals surface area (Å²) in [4.78, 5) is 0. The molecule has 0 bridgehead atoms. The zero-order chi connectivity index (χ0) is 42.3. The van der Waals surface area contributed by atoms with Crippen LogP contribution in [-0.2, 0) is 56.3 Å². The average molecular weight is 863 g/mol. The van der Waals surface area contributed by atoms with Crippen molar-refractivity contribution >= 4 is 31.1 Å². The van der Waals surface area contributed by atoms with Gasteiger partial charge in [0.2, 0.25) is 0 Å². The van der Waals surface area contributed by atoms with Crippen LogP contribution in [0.1, 0.15) is 218 Å². The Kier molecular flexibility index (Phi) is 43.6. The molecule has 5 rings (SSSR count). The number of hydrogen-bond donors (Lipinski definition) is 0. The Hall–Kier alpha value is -0.695. The second-order valence-electron chi connectivity index (χ2n) is 16.2. The van der Waals surface area contributed by atoms with Gasteiger partial charge in [-0.25, -0.2) is 0 Å². The summed E-state index contributed by atoms with van der Waals surface area (Å²) < 4.78 is 0. The molecular weight excluding hydrogens is 772 g/mol. The summed E-state index contributed by atoms with van der Waals surface area (Å²) in [6.45, 7) is 45.6. The third kappa shape index (κ3) is 27.0. The first kappa shape index (κ1) is 62.9. The number of aryl methyl sites for hydroxylation is 2. The monoisotopic (exact) mass is 863 g/mol. The number of hydrogen-bond acceptors (Lipinski definition) is 0. The van der Waals surface area contributed by atoms with Gasteiger partial charge in [0.1, 0.15) is 0 Å². The van der Waals surface area contributed by atoms with Crippen LogP contribution in [0.25, 0.3) is 21.5 Å². The van der Waals surface area contributed by atoms with E-state index in [1.54, 1.807) is 0 Å². The third-order valence-corrected chi connectivity index (χ3v) is 11.1. The standard InChI is InChI=1S/2C17H23.C4H8Si.4C4H9.2Ti/c2*1-6-13-7-15-9-14(11(2)3)10-16(12(4)5)17(15)8-13;1-2-4-5-3-1;4*1-3-4-2;;/h2*7-12H,6H2,1-5H3;1-4H2;4*1,3-4H2,2H3;;/q2*-1;;4*-1;2*+3. The zero-order valence-electron chi connectivity index (χ0n) is 40.2. The van der Waals surface area contributed by atoms with E-state index in [-0.39, 0.29) is 43.4 Å². The molecule has 4 aromatic rings. The molecule has 0 spiro atoms. The minimum atomic E-state index is 0. The van der Waals surface area contributed by atoms with E-state index < -0.39 is 0 Å². The van der Waals surface area contributed by atoms with Gasteiger partial charge in [-0.3, -0.25) is 0 Å². The van der Waals surface area contributed by atoms with Crippen molar-refractivity contribution in [2.45, 2.75) is 210 Å². The molecular formula is C54H90SiTi2. The van der Waals surface area contributed by atoms with Crippen LogP contribution >= 0.6 is 0 Å². The van der Waals surface area contributed by atoms with E-state index >= 15 is 0 Å². The van der Waals surface area contributed by atoms with Gasteiger partial charge >= 0.3 is 43.4 Å². The summed E-state index contributed by atoms with van der Waals surface area (Å²) in [5.74, 6) is 2.42.